The zero-order chi connectivity index (χ0) is 31.5. The Morgan fingerprint density at radius 2 is 1.19 bits per heavy atom. The van der Waals surface area contributed by atoms with Crippen LogP contribution in [0.25, 0.3) is 0 Å². The van der Waals surface area contributed by atoms with E-state index in [0.717, 1.165) is 51.4 Å². The van der Waals surface area contributed by atoms with Gasteiger partial charge in [0.05, 0.1) is 26.1 Å². The second-order valence-corrected chi connectivity index (χ2v) is 12.4. The first-order valence-electron chi connectivity index (χ1n) is 13.1. The largest absolute Gasteiger partial charge is 1.00 e. The summed E-state index contributed by atoms with van der Waals surface area (Å²) in [6.07, 6.45) is 5.42. The molecule has 14 nitrogen and oxygen atoms in total. The molecular weight excluding hydrogens is 622 g/mol. The molecule has 0 radical (unpaired) electrons. The number of unbranched alkanes of at least 4 members (excludes halogenated alkanes) is 2. The van der Waals surface area contributed by atoms with E-state index in [0.29, 0.717) is 0 Å². The summed E-state index contributed by atoms with van der Waals surface area (Å²) in [6, 6.07) is 0. The van der Waals surface area contributed by atoms with Gasteiger partial charge in [-0.1, -0.05) is 66.2 Å². The number of carboxylic acids is 2. The molecule has 0 aliphatic carbocycles. The summed E-state index contributed by atoms with van der Waals surface area (Å²) in [7, 11) is -9.85. The van der Waals surface area contributed by atoms with Gasteiger partial charge < -0.3 is 25.7 Å². The van der Waals surface area contributed by atoms with Crippen LogP contribution in [-0.2, 0) is 48.9 Å². The number of carbonyl (C=O) groups excluding carboxylic acids is 2. The van der Waals surface area contributed by atoms with E-state index in [1.807, 2.05) is 13.8 Å². The maximum absolute atomic E-state index is 12.1. The monoisotopic (exact) mass is 666 g/mol. The van der Waals surface area contributed by atoms with Gasteiger partial charge >= 0.3 is 83.0 Å². The summed E-state index contributed by atoms with van der Waals surface area (Å²) in [4.78, 5) is 44.1. The number of esters is 2. The van der Waals surface area contributed by atoms with Gasteiger partial charge in [-0.3, -0.25) is 23.7 Å². The topological polar surface area (TPSA) is 239 Å². The maximum Gasteiger partial charge on any atom is 1.00 e. The number of rotatable bonds is 20. The molecule has 0 aromatic rings. The number of hydrogen-bond acceptors (Lipinski definition) is 11. The molecule has 0 aliphatic rings. The zero-order valence-electron chi connectivity index (χ0n) is 26.4. The number of hydrogen-bond donors (Lipinski definition) is 3. The van der Waals surface area contributed by atoms with Crippen LogP contribution in [0.1, 0.15) is 93.3 Å². The van der Waals surface area contributed by atoms with E-state index in [-0.39, 0.29) is 85.6 Å². The number of aliphatic carboxylic acids is 2. The predicted molar refractivity (Wildman–Crippen MR) is 143 cm³/mol. The van der Waals surface area contributed by atoms with Crippen LogP contribution < -0.4 is 59.1 Å². The van der Waals surface area contributed by atoms with Gasteiger partial charge in [0.25, 0.3) is 10.1 Å². The molecule has 0 spiro atoms. The van der Waals surface area contributed by atoms with E-state index in [9.17, 15) is 40.6 Å². The SMILES string of the molecule is CCCCC(CC)COC(=O)CC(C(=O)OCC(CC)CCCC)S(=O)(=O)[O-].O=C(O)CC(C(=O)O)S(=O)(=O)O.[H-].[Na+].[Na+]. The van der Waals surface area contributed by atoms with Crippen molar-refractivity contribution in [3.8, 4) is 0 Å². The summed E-state index contributed by atoms with van der Waals surface area (Å²) < 4.78 is 73.2. The Bertz CT molecular complexity index is 1010. The maximum atomic E-state index is 12.1. The average Bonchev–Trinajstić information content (AvgIpc) is 2.84. The average molecular weight is 667 g/mol. The minimum absolute atomic E-state index is 0. The Morgan fingerprint density at radius 3 is 1.48 bits per heavy atom. The summed E-state index contributed by atoms with van der Waals surface area (Å²) in [5, 5.41) is 11.9. The molecule has 0 aromatic heterocycles. The van der Waals surface area contributed by atoms with Crippen LogP contribution in [0.4, 0.5) is 0 Å². The molecule has 0 heterocycles. The smallest absolute Gasteiger partial charge is 1.00 e. The van der Waals surface area contributed by atoms with E-state index in [4.69, 9.17) is 24.2 Å². The van der Waals surface area contributed by atoms with Gasteiger partial charge in [-0.25, -0.2) is 8.42 Å². The van der Waals surface area contributed by atoms with Crippen LogP contribution in [0.2, 0.25) is 0 Å². The van der Waals surface area contributed by atoms with Crippen LogP contribution >= 0.6 is 0 Å². The Balaban J connectivity index is -0.000000273. The van der Waals surface area contributed by atoms with Crippen LogP contribution in [0.3, 0.4) is 0 Å². The Kier molecular flexibility index (Phi) is 30.1. The standard InChI is InChI=1S/C20H38O7S.C4H6O7S.2Na.H/c1-5-9-11-16(7-3)14-26-19(21)13-18(28(23,24)25)20(22)27-15-17(8-4)12-10-6-2;5-3(6)1-2(4(7)8)12(9,10)11;;;/h16-18H,5-15H2,1-4H3,(H,23,24,25);2H,1H2,(H,5,6)(H,7,8)(H,9,10,11);;;/q;;2*+1;-1/p-1. The molecule has 238 valence electrons. The summed E-state index contributed by atoms with van der Waals surface area (Å²) >= 11 is 0. The molecule has 42 heavy (non-hydrogen) atoms. The van der Waals surface area contributed by atoms with E-state index >= 15 is 0 Å². The fourth-order valence-corrected chi connectivity index (χ4v) is 4.54. The van der Waals surface area contributed by atoms with Gasteiger partial charge in [0.15, 0.2) is 10.5 Å². The first-order valence-corrected chi connectivity index (χ1v) is 16.1. The summed E-state index contributed by atoms with van der Waals surface area (Å²) in [5.41, 5.74) is 0. The normalized spacial score (nSPS) is 13.9. The second-order valence-electron chi connectivity index (χ2n) is 9.27. The molecule has 0 fully saturated rings. The molecule has 3 N–H and O–H groups in total. The predicted octanol–water partition coefficient (Wildman–Crippen LogP) is -3.27. The van der Waals surface area contributed by atoms with Crippen molar-refractivity contribution < 1.29 is 125 Å². The van der Waals surface area contributed by atoms with Crippen molar-refractivity contribution in [3.05, 3.63) is 0 Å². The Hall–Kier alpha value is -0.300. The van der Waals surface area contributed by atoms with Gasteiger partial charge in [-0.15, -0.1) is 0 Å². The molecule has 4 atom stereocenters. The van der Waals surface area contributed by atoms with Crippen LogP contribution in [0.15, 0.2) is 0 Å². The third-order valence-electron chi connectivity index (χ3n) is 5.99. The van der Waals surface area contributed by atoms with Crippen molar-refractivity contribution in [1.29, 1.82) is 0 Å². The van der Waals surface area contributed by atoms with Gasteiger partial charge in [-0.05, 0) is 24.7 Å². The van der Waals surface area contributed by atoms with Crippen molar-refractivity contribution >= 4 is 44.1 Å². The van der Waals surface area contributed by atoms with Crippen molar-refractivity contribution in [1.82, 2.24) is 0 Å². The Morgan fingerprint density at radius 1 is 0.762 bits per heavy atom. The Labute approximate surface area is 294 Å². The van der Waals surface area contributed by atoms with E-state index in [2.05, 4.69) is 13.8 Å². The molecule has 0 saturated carbocycles. The number of carboxylic acid groups (broad SMARTS) is 2. The third kappa shape index (κ3) is 24.1. The van der Waals surface area contributed by atoms with E-state index in [1.165, 1.54) is 0 Å². The van der Waals surface area contributed by atoms with Crippen LogP contribution in [0, 0.1) is 11.8 Å². The second kappa shape index (κ2) is 26.0. The van der Waals surface area contributed by atoms with Gasteiger partial charge in [0.2, 0.25) is 0 Å². The molecule has 4 unspecified atom stereocenters. The molecule has 0 amide bonds. The van der Waals surface area contributed by atoms with Gasteiger partial charge in [0, 0.05) is 0 Å². The van der Waals surface area contributed by atoms with Crippen molar-refractivity contribution in [3.63, 3.8) is 0 Å². The molecule has 0 rings (SSSR count). The van der Waals surface area contributed by atoms with Crippen LogP contribution in [-0.4, -0.2) is 83.7 Å². The molecular formula is C24H44Na2O14S2. The first-order chi connectivity index (χ1) is 18.4. The molecule has 18 heteroatoms. The molecule has 0 saturated heterocycles. The summed E-state index contributed by atoms with van der Waals surface area (Å²) in [5.74, 6) is -5.24. The summed E-state index contributed by atoms with van der Waals surface area (Å²) in [6.45, 7) is 8.26. The fraction of sp³-hybridized carbons (Fsp3) is 0.833. The first kappa shape index (κ1) is 48.6. The quantitative estimate of drug-likeness (QED) is 0.0657. The zero-order valence-corrected chi connectivity index (χ0v) is 31.1. The van der Waals surface area contributed by atoms with Gasteiger partial charge in [-0.2, -0.15) is 8.42 Å². The third-order valence-corrected chi connectivity index (χ3v) is 8.13. The van der Waals surface area contributed by atoms with E-state index in [1.54, 1.807) is 0 Å². The molecule has 0 bridgehead atoms. The van der Waals surface area contributed by atoms with Crippen molar-refractivity contribution in [2.75, 3.05) is 13.2 Å². The van der Waals surface area contributed by atoms with Crippen molar-refractivity contribution in [2.45, 2.75) is 102 Å². The minimum atomic E-state index is -5.01. The van der Waals surface area contributed by atoms with E-state index < -0.39 is 67.5 Å². The number of ether oxygens (including phenoxy) is 2. The molecule has 0 aliphatic heterocycles. The van der Waals surface area contributed by atoms with Gasteiger partial charge in [0.1, 0.15) is 10.1 Å². The fourth-order valence-electron chi connectivity index (χ4n) is 3.29. The molecule has 0 aromatic carbocycles. The van der Waals surface area contributed by atoms with Crippen molar-refractivity contribution in [2.24, 2.45) is 11.8 Å². The minimum Gasteiger partial charge on any atom is -1.00 e. The number of carbonyl (C=O) groups is 4. The van der Waals surface area contributed by atoms with Crippen LogP contribution in [0.5, 0.6) is 0 Å².